The fraction of sp³-hybridized carbons (Fsp3) is 0.923. The third kappa shape index (κ3) is 2.89. The van der Waals surface area contributed by atoms with Gasteiger partial charge in [-0.3, -0.25) is 0 Å². The van der Waals surface area contributed by atoms with E-state index in [1.807, 2.05) is 0 Å². The molecule has 0 amide bonds. The van der Waals surface area contributed by atoms with E-state index in [4.69, 9.17) is 4.99 Å². The van der Waals surface area contributed by atoms with Crippen molar-refractivity contribution < 1.29 is 0 Å². The Kier molecular flexibility index (Phi) is 3.41. The highest BCUT2D eigenvalue weighted by Crippen LogP contribution is 2.18. The van der Waals surface area contributed by atoms with E-state index in [-0.39, 0.29) is 5.54 Å². The van der Waals surface area contributed by atoms with E-state index in [0.29, 0.717) is 0 Å². The lowest BCUT2D eigenvalue weighted by molar-refractivity contribution is 0.381. The molecule has 2 rings (SSSR count). The van der Waals surface area contributed by atoms with Gasteiger partial charge in [0.1, 0.15) is 0 Å². The molecule has 2 heterocycles. The normalized spacial score (nSPS) is 21.7. The monoisotopic (exact) mass is 223 g/mol. The average molecular weight is 223 g/mol. The van der Waals surface area contributed by atoms with Crippen LogP contribution in [-0.2, 0) is 0 Å². The summed E-state index contributed by atoms with van der Waals surface area (Å²) in [6.07, 6.45) is 5.32. The van der Waals surface area contributed by atoms with E-state index in [1.54, 1.807) is 0 Å². The molecule has 3 nitrogen and oxygen atoms in total. The van der Waals surface area contributed by atoms with Crippen molar-refractivity contribution in [1.82, 2.24) is 9.80 Å². The fourth-order valence-electron chi connectivity index (χ4n) is 2.48. The van der Waals surface area contributed by atoms with Gasteiger partial charge in [0.05, 0.1) is 5.54 Å². The molecular weight excluding hydrogens is 198 g/mol. The molecule has 0 aromatic carbocycles. The van der Waals surface area contributed by atoms with Gasteiger partial charge in [-0.25, -0.2) is 4.99 Å². The van der Waals surface area contributed by atoms with Gasteiger partial charge >= 0.3 is 0 Å². The first kappa shape index (κ1) is 11.7. The van der Waals surface area contributed by atoms with Gasteiger partial charge in [0.25, 0.3) is 0 Å². The number of hydrogen-bond acceptors (Lipinski definition) is 1. The smallest absolute Gasteiger partial charge is 0.197 e. The lowest BCUT2D eigenvalue weighted by Gasteiger charge is -2.31. The molecule has 0 unspecified atom stereocenters. The van der Waals surface area contributed by atoms with Crippen molar-refractivity contribution in [1.29, 1.82) is 0 Å². The Balaban J connectivity index is 2.14. The highest BCUT2D eigenvalue weighted by molar-refractivity contribution is 5.81. The predicted octanol–water partition coefficient (Wildman–Crippen LogP) is 2.33. The second kappa shape index (κ2) is 4.64. The summed E-state index contributed by atoms with van der Waals surface area (Å²) in [5.74, 6) is 1.27. The second-order valence-electron chi connectivity index (χ2n) is 5.97. The number of rotatable bonds is 0. The van der Waals surface area contributed by atoms with Crippen LogP contribution in [0.5, 0.6) is 0 Å². The SMILES string of the molecule is CC(C)(C)N=C(N1CCCC1)N1CCCC1. The molecule has 2 saturated heterocycles. The van der Waals surface area contributed by atoms with Crippen LogP contribution in [0.3, 0.4) is 0 Å². The third-order valence-corrected chi connectivity index (χ3v) is 3.21. The van der Waals surface area contributed by atoms with E-state index in [0.717, 1.165) is 0 Å². The molecule has 3 heteroatoms. The molecule has 0 aromatic heterocycles. The van der Waals surface area contributed by atoms with Gasteiger partial charge in [-0.1, -0.05) is 0 Å². The quantitative estimate of drug-likeness (QED) is 0.463. The predicted molar refractivity (Wildman–Crippen MR) is 68.8 cm³/mol. The molecule has 0 radical (unpaired) electrons. The van der Waals surface area contributed by atoms with Crippen LogP contribution in [0.25, 0.3) is 0 Å². The molecule has 0 spiro atoms. The van der Waals surface area contributed by atoms with Crippen LogP contribution >= 0.6 is 0 Å². The van der Waals surface area contributed by atoms with E-state index < -0.39 is 0 Å². The van der Waals surface area contributed by atoms with E-state index in [1.165, 1.54) is 57.8 Å². The molecular formula is C13H25N3. The Morgan fingerprint density at radius 1 is 0.812 bits per heavy atom. The van der Waals surface area contributed by atoms with E-state index in [9.17, 15) is 0 Å². The van der Waals surface area contributed by atoms with Crippen LogP contribution in [0.1, 0.15) is 46.5 Å². The van der Waals surface area contributed by atoms with Crippen molar-refractivity contribution in [3.63, 3.8) is 0 Å². The van der Waals surface area contributed by atoms with Gasteiger partial charge in [0.15, 0.2) is 5.96 Å². The molecule has 2 aliphatic heterocycles. The van der Waals surface area contributed by atoms with Crippen molar-refractivity contribution in [3.05, 3.63) is 0 Å². The average Bonchev–Trinajstić information content (AvgIpc) is 2.86. The molecule has 0 atom stereocenters. The van der Waals surface area contributed by atoms with Gasteiger partial charge in [-0.2, -0.15) is 0 Å². The summed E-state index contributed by atoms with van der Waals surface area (Å²) in [4.78, 5) is 9.91. The summed E-state index contributed by atoms with van der Waals surface area (Å²) in [5.41, 5.74) is 0.0422. The van der Waals surface area contributed by atoms with Gasteiger partial charge in [-0.05, 0) is 46.5 Å². The Morgan fingerprint density at radius 2 is 1.19 bits per heavy atom. The summed E-state index contributed by atoms with van der Waals surface area (Å²) >= 11 is 0. The largest absolute Gasteiger partial charge is 0.343 e. The molecule has 16 heavy (non-hydrogen) atoms. The Morgan fingerprint density at radius 3 is 1.50 bits per heavy atom. The molecule has 0 aromatic rings. The number of aliphatic imine (C=N–C) groups is 1. The molecule has 2 aliphatic rings. The number of guanidine groups is 1. The zero-order valence-corrected chi connectivity index (χ0v) is 11.0. The standard InChI is InChI=1S/C13H25N3/c1-13(2,3)14-12(15-8-4-5-9-15)16-10-6-7-11-16/h4-11H2,1-3H3. The molecule has 2 fully saturated rings. The van der Waals surface area contributed by atoms with Gasteiger partial charge < -0.3 is 9.80 Å². The molecule has 0 aliphatic carbocycles. The summed E-state index contributed by atoms with van der Waals surface area (Å²) in [5, 5.41) is 0. The summed E-state index contributed by atoms with van der Waals surface area (Å²) in [6.45, 7) is 11.4. The van der Waals surface area contributed by atoms with Crippen molar-refractivity contribution in [3.8, 4) is 0 Å². The van der Waals surface area contributed by atoms with Crippen LogP contribution in [0.4, 0.5) is 0 Å². The zero-order chi connectivity index (χ0) is 11.6. The third-order valence-electron chi connectivity index (χ3n) is 3.21. The maximum atomic E-state index is 4.94. The summed E-state index contributed by atoms with van der Waals surface area (Å²) < 4.78 is 0. The minimum atomic E-state index is 0.0422. The second-order valence-corrected chi connectivity index (χ2v) is 5.97. The highest BCUT2D eigenvalue weighted by Gasteiger charge is 2.25. The van der Waals surface area contributed by atoms with Crippen molar-refractivity contribution in [2.45, 2.75) is 52.0 Å². The highest BCUT2D eigenvalue weighted by atomic mass is 15.4. The van der Waals surface area contributed by atoms with Gasteiger partial charge in [0.2, 0.25) is 0 Å². The molecule has 0 N–H and O–H groups in total. The Bertz CT molecular complexity index is 235. The lowest BCUT2D eigenvalue weighted by atomic mass is 10.1. The minimum Gasteiger partial charge on any atom is -0.343 e. The van der Waals surface area contributed by atoms with Crippen molar-refractivity contribution in [2.75, 3.05) is 26.2 Å². The van der Waals surface area contributed by atoms with Crippen LogP contribution in [0.15, 0.2) is 4.99 Å². The van der Waals surface area contributed by atoms with E-state index in [2.05, 4.69) is 30.6 Å². The maximum Gasteiger partial charge on any atom is 0.197 e. The number of hydrogen-bond donors (Lipinski definition) is 0. The maximum absolute atomic E-state index is 4.94. The van der Waals surface area contributed by atoms with Crippen LogP contribution in [-0.4, -0.2) is 47.5 Å². The summed E-state index contributed by atoms with van der Waals surface area (Å²) in [7, 11) is 0. The Labute approximate surface area is 99.5 Å². The van der Waals surface area contributed by atoms with E-state index >= 15 is 0 Å². The first-order chi connectivity index (χ1) is 7.56. The van der Waals surface area contributed by atoms with Gasteiger partial charge in [0, 0.05) is 26.2 Å². The Hall–Kier alpha value is -0.730. The topological polar surface area (TPSA) is 18.8 Å². The van der Waals surface area contributed by atoms with Crippen molar-refractivity contribution >= 4 is 5.96 Å². The number of likely N-dealkylation sites (tertiary alicyclic amines) is 2. The first-order valence-corrected chi connectivity index (χ1v) is 6.66. The molecule has 0 saturated carbocycles. The van der Waals surface area contributed by atoms with Crippen LogP contribution in [0, 0.1) is 0 Å². The number of nitrogens with zero attached hydrogens (tertiary/aromatic N) is 3. The van der Waals surface area contributed by atoms with Gasteiger partial charge in [-0.15, -0.1) is 0 Å². The molecule has 92 valence electrons. The fourth-order valence-corrected chi connectivity index (χ4v) is 2.48. The van der Waals surface area contributed by atoms with Crippen molar-refractivity contribution in [2.24, 2.45) is 4.99 Å². The zero-order valence-electron chi connectivity index (χ0n) is 11.0. The molecule has 0 bridgehead atoms. The summed E-state index contributed by atoms with van der Waals surface area (Å²) in [6, 6.07) is 0. The van der Waals surface area contributed by atoms with Crippen LogP contribution < -0.4 is 0 Å². The lowest BCUT2D eigenvalue weighted by Crippen LogP contribution is -2.43. The first-order valence-electron chi connectivity index (χ1n) is 6.66. The minimum absolute atomic E-state index is 0.0422. The van der Waals surface area contributed by atoms with Crippen LogP contribution in [0.2, 0.25) is 0 Å².